The first kappa shape index (κ1) is 33.9. The van der Waals surface area contributed by atoms with Crippen LogP contribution in [-0.4, -0.2) is 51.0 Å². The van der Waals surface area contributed by atoms with E-state index in [9.17, 15) is 13.2 Å². The maximum Gasteiger partial charge on any atom is 0.208 e. The van der Waals surface area contributed by atoms with Crippen LogP contribution in [0.3, 0.4) is 0 Å². The molecule has 0 aliphatic carbocycles. The summed E-state index contributed by atoms with van der Waals surface area (Å²) >= 11 is 17.8. The van der Waals surface area contributed by atoms with E-state index in [1.807, 2.05) is 51.1 Å². The van der Waals surface area contributed by atoms with Crippen LogP contribution in [0.1, 0.15) is 65.0 Å². The fourth-order valence-electron chi connectivity index (χ4n) is 4.04. The summed E-state index contributed by atoms with van der Waals surface area (Å²) in [7, 11) is -3.17. The van der Waals surface area contributed by atoms with Crippen molar-refractivity contribution in [1.82, 2.24) is 9.62 Å². The monoisotopic (exact) mass is 590 g/mol. The maximum atomic E-state index is 12.4. The Hall–Kier alpha value is -1.15. The van der Waals surface area contributed by atoms with Crippen LogP contribution >= 0.6 is 34.8 Å². The van der Waals surface area contributed by atoms with Crippen molar-refractivity contribution in [3.05, 3.63) is 68.7 Å². The highest BCUT2D eigenvalue weighted by molar-refractivity contribution is 7.88. The number of aryl methyl sites for hydroxylation is 1. The molecule has 1 aliphatic heterocycles. The minimum atomic E-state index is -3.17. The zero-order valence-electron chi connectivity index (χ0n) is 22.8. The first-order valence-electron chi connectivity index (χ1n) is 12.7. The average Bonchev–Trinajstić information content (AvgIpc) is 2.86. The summed E-state index contributed by atoms with van der Waals surface area (Å²) in [6, 6.07) is 13.3. The third-order valence-corrected chi connectivity index (χ3v) is 8.30. The Labute approximate surface area is 238 Å². The zero-order valence-corrected chi connectivity index (χ0v) is 25.9. The van der Waals surface area contributed by atoms with Crippen molar-refractivity contribution in [2.24, 2.45) is 0 Å². The topological polar surface area (TPSA) is 66.5 Å². The van der Waals surface area contributed by atoms with E-state index < -0.39 is 15.4 Å². The molecule has 0 bridgehead atoms. The van der Waals surface area contributed by atoms with Crippen LogP contribution < -0.4 is 4.72 Å². The first-order valence-corrected chi connectivity index (χ1v) is 15.8. The largest absolute Gasteiger partial charge is 0.303 e. The number of piperidine rings is 1. The molecule has 1 heterocycles. The number of hydrogen-bond acceptors (Lipinski definition) is 4. The molecule has 1 saturated heterocycles. The SMILES string of the molecule is CC.CC(=O)C(C)(CCN1CCC(NS(C)(=O)=O)CC1)c1ccc(Cl)c(Cl)c1.CCc1ccc(Cl)cc1. The molecule has 37 heavy (non-hydrogen) atoms. The van der Waals surface area contributed by atoms with E-state index >= 15 is 0 Å². The highest BCUT2D eigenvalue weighted by atomic mass is 35.5. The highest BCUT2D eigenvalue weighted by Crippen LogP contribution is 2.34. The second-order valence-corrected chi connectivity index (χ2v) is 12.3. The van der Waals surface area contributed by atoms with Crippen LogP contribution in [0.15, 0.2) is 42.5 Å². The van der Waals surface area contributed by atoms with Crippen molar-refractivity contribution in [2.75, 3.05) is 25.9 Å². The number of nitrogens with zero attached hydrogens (tertiary/aromatic N) is 1. The van der Waals surface area contributed by atoms with Crippen molar-refractivity contribution in [1.29, 1.82) is 0 Å². The van der Waals surface area contributed by atoms with Gasteiger partial charge in [0, 0.05) is 11.1 Å². The molecule has 1 unspecified atom stereocenters. The fourth-order valence-corrected chi connectivity index (χ4v) is 5.31. The first-order chi connectivity index (χ1) is 17.3. The third kappa shape index (κ3) is 11.6. The number of likely N-dealkylation sites (tertiary alicyclic amines) is 1. The zero-order chi connectivity index (χ0) is 28.2. The fraction of sp³-hybridized carbons (Fsp3) is 0.536. The normalized spacial score (nSPS) is 16.0. The third-order valence-electron chi connectivity index (χ3n) is 6.55. The number of benzene rings is 2. The molecule has 2 aromatic rings. The highest BCUT2D eigenvalue weighted by Gasteiger charge is 2.33. The van der Waals surface area contributed by atoms with Crippen LogP contribution in [0.5, 0.6) is 0 Å². The number of carbonyl (C=O) groups is 1. The van der Waals surface area contributed by atoms with Crippen LogP contribution in [0.2, 0.25) is 15.1 Å². The van der Waals surface area contributed by atoms with E-state index in [0.29, 0.717) is 16.5 Å². The number of rotatable bonds is 8. The van der Waals surface area contributed by atoms with E-state index in [1.54, 1.807) is 19.1 Å². The number of nitrogens with one attached hydrogen (secondary N) is 1. The van der Waals surface area contributed by atoms with Gasteiger partial charge in [0.1, 0.15) is 5.78 Å². The molecule has 208 valence electrons. The second kappa shape index (κ2) is 16.1. The summed E-state index contributed by atoms with van der Waals surface area (Å²) in [6.07, 6.45) is 4.49. The molecule has 0 spiro atoms. The summed E-state index contributed by atoms with van der Waals surface area (Å²) in [4.78, 5) is 14.6. The van der Waals surface area contributed by atoms with E-state index in [-0.39, 0.29) is 11.8 Å². The predicted octanol–water partition coefficient (Wildman–Crippen LogP) is 7.17. The van der Waals surface area contributed by atoms with Crippen LogP contribution in [0.25, 0.3) is 0 Å². The van der Waals surface area contributed by atoms with Gasteiger partial charge in [0.25, 0.3) is 0 Å². The molecule has 3 rings (SSSR count). The molecule has 1 aliphatic rings. The van der Waals surface area contributed by atoms with E-state index in [1.165, 1.54) is 11.8 Å². The van der Waals surface area contributed by atoms with Crippen molar-refractivity contribution >= 4 is 50.6 Å². The lowest BCUT2D eigenvalue weighted by Crippen LogP contribution is -2.45. The smallest absolute Gasteiger partial charge is 0.208 e. The van der Waals surface area contributed by atoms with Gasteiger partial charge in [-0.05, 0) is 94.6 Å². The molecular weight excluding hydrogens is 551 g/mol. The lowest BCUT2D eigenvalue weighted by atomic mass is 9.76. The number of Topliss-reactive ketones (excluding diaryl/α,β-unsaturated/α-hetero) is 1. The predicted molar refractivity (Wildman–Crippen MR) is 159 cm³/mol. The minimum absolute atomic E-state index is 0.00416. The summed E-state index contributed by atoms with van der Waals surface area (Å²) in [5.74, 6) is 0.0875. The number of carbonyl (C=O) groups excluding carboxylic acids is 1. The number of sulfonamides is 1. The molecule has 2 aromatic carbocycles. The second-order valence-electron chi connectivity index (χ2n) is 9.25. The van der Waals surface area contributed by atoms with Gasteiger partial charge in [0.15, 0.2) is 0 Å². The molecule has 1 N–H and O–H groups in total. The van der Waals surface area contributed by atoms with Gasteiger partial charge >= 0.3 is 0 Å². The van der Waals surface area contributed by atoms with Crippen LogP contribution in [0.4, 0.5) is 0 Å². The van der Waals surface area contributed by atoms with Crippen molar-refractivity contribution in [2.45, 2.75) is 71.8 Å². The summed E-state index contributed by atoms with van der Waals surface area (Å²) in [5.41, 5.74) is 1.57. The van der Waals surface area contributed by atoms with Crippen LogP contribution in [-0.2, 0) is 26.7 Å². The van der Waals surface area contributed by atoms with Gasteiger partial charge < -0.3 is 4.90 Å². The van der Waals surface area contributed by atoms with Gasteiger partial charge in [-0.15, -0.1) is 0 Å². The Morgan fingerprint density at radius 3 is 2.05 bits per heavy atom. The van der Waals surface area contributed by atoms with E-state index in [0.717, 1.165) is 49.5 Å². The summed E-state index contributed by atoms with van der Waals surface area (Å²) in [5, 5.41) is 1.73. The maximum absolute atomic E-state index is 12.4. The lowest BCUT2D eigenvalue weighted by molar-refractivity contribution is -0.122. The van der Waals surface area contributed by atoms with E-state index in [2.05, 4.69) is 16.5 Å². The number of halogens is 3. The molecule has 1 atom stereocenters. The van der Waals surface area contributed by atoms with Crippen molar-refractivity contribution in [3.8, 4) is 0 Å². The molecule has 0 amide bonds. The van der Waals surface area contributed by atoms with Gasteiger partial charge in [-0.2, -0.15) is 0 Å². The number of ketones is 1. The Bertz CT molecular complexity index is 1090. The molecule has 0 radical (unpaired) electrons. The Balaban J connectivity index is 0.000000519. The Kier molecular flexibility index (Phi) is 14.7. The molecule has 5 nitrogen and oxygen atoms in total. The summed E-state index contributed by atoms with van der Waals surface area (Å²) < 4.78 is 25.3. The van der Waals surface area contributed by atoms with Gasteiger partial charge in [-0.1, -0.05) is 73.8 Å². The molecule has 1 fully saturated rings. The van der Waals surface area contributed by atoms with Crippen molar-refractivity contribution in [3.63, 3.8) is 0 Å². The average molecular weight is 592 g/mol. The quantitative estimate of drug-likeness (QED) is 0.353. The minimum Gasteiger partial charge on any atom is -0.303 e. The van der Waals surface area contributed by atoms with Crippen molar-refractivity contribution < 1.29 is 13.2 Å². The Morgan fingerprint density at radius 2 is 1.59 bits per heavy atom. The standard InChI is InChI=1S/C18H26Cl2N2O3S.C8H9Cl.C2H6/c1-13(23)18(2,14-4-5-16(19)17(20)12-14)8-11-22-9-6-15(7-10-22)21-26(3,24)25;1-2-7-3-5-8(9)6-4-7;1-2/h4-5,12,15,21H,6-11H2,1-3H3;3-6H,2H2,1H3;1-2H3. The summed E-state index contributed by atoms with van der Waals surface area (Å²) in [6.45, 7) is 12.0. The molecule has 0 saturated carbocycles. The van der Waals surface area contributed by atoms with Gasteiger partial charge in [0.05, 0.1) is 21.7 Å². The lowest BCUT2D eigenvalue weighted by Gasteiger charge is -2.35. The van der Waals surface area contributed by atoms with Crippen LogP contribution in [0, 0.1) is 0 Å². The molecule has 0 aromatic heterocycles. The molecular formula is C28H41Cl3N2O3S. The van der Waals surface area contributed by atoms with Gasteiger partial charge in [-0.3, -0.25) is 4.79 Å². The number of hydrogen-bond donors (Lipinski definition) is 1. The molecule has 9 heteroatoms. The Morgan fingerprint density at radius 1 is 1.03 bits per heavy atom. The van der Waals surface area contributed by atoms with E-state index in [4.69, 9.17) is 34.8 Å². The van der Waals surface area contributed by atoms with Gasteiger partial charge in [0.2, 0.25) is 10.0 Å². The van der Waals surface area contributed by atoms with Gasteiger partial charge in [-0.25, -0.2) is 13.1 Å².